The summed E-state index contributed by atoms with van der Waals surface area (Å²) in [5.41, 5.74) is 0.809. The van der Waals surface area contributed by atoms with Gasteiger partial charge in [-0.05, 0) is 31.9 Å². The first-order valence-corrected chi connectivity index (χ1v) is 7.15. The Labute approximate surface area is 130 Å². The number of hydrogen-bond acceptors (Lipinski definition) is 4. The second-order valence-corrected chi connectivity index (χ2v) is 5.56. The minimum Gasteiger partial charge on any atom is -0.445 e. The number of nitrogens with one attached hydrogen (secondary N) is 1. The van der Waals surface area contributed by atoms with Gasteiger partial charge in [-0.1, -0.05) is 12.7 Å². The van der Waals surface area contributed by atoms with Gasteiger partial charge in [-0.2, -0.15) is 0 Å². The van der Waals surface area contributed by atoms with Gasteiger partial charge in [-0.15, -0.1) is 0 Å². The topological polar surface area (TPSA) is 80.6 Å². The van der Waals surface area contributed by atoms with Crippen LogP contribution >= 0.6 is 0 Å². The van der Waals surface area contributed by atoms with Crippen LogP contribution in [0.5, 0.6) is 0 Å². The van der Waals surface area contributed by atoms with Gasteiger partial charge in [0, 0.05) is 19.7 Å². The highest BCUT2D eigenvalue weighted by atomic mass is 16.5. The maximum atomic E-state index is 11.6. The molecule has 1 amide bonds. The van der Waals surface area contributed by atoms with E-state index in [0.29, 0.717) is 18.5 Å². The number of hydrogen-bond donors (Lipinski definition) is 2. The van der Waals surface area contributed by atoms with Gasteiger partial charge in [0.05, 0.1) is 17.8 Å². The molecule has 0 saturated carbocycles. The second-order valence-electron chi connectivity index (χ2n) is 5.56. The first kappa shape index (κ1) is 18.0. The molecule has 6 heteroatoms. The minimum absolute atomic E-state index is 0.00444. The van der Waals surface area contributed by atoms with E-state index in [0.717, 1.165) is 5.69 Å². The molecular formula is C16H24N2O4. The zero-order chi connectivity index (χ0) is 16.8. The summed E-state index contributed by atoms with van der Waals surface area (Å²) in [4.78, 5) is 23.0. The molecule has 2 N–H and O–H groups in total. The number of aliphatic hydroxyl groups is 1. The summed E-state index contributed by atoms with van der Waals surface area (Å²) >= 11 is 0. The molecule has 1 aromatic heterocycles. The summed E-state index contributed by atoms with van der Waals surface area (Å²) in [5, 5.41) is 12.2. The zero-order valence-electron chi connectivity index (χ0n) is 13.4. The van der Waals surface area contributed by atoms with Crippen molar-refractivity contribution in [3.05, 3.63) is 36.2 Å². The number of ketones is 1. The van der Waals surface area contributed by atoms with Crippen LogP contribution in [0.15, 0.2) is 24.8 Å². The van der Waals surface area contributed by atoms with Crippen LogP contribution in [-0.2, 0) is 18.2 Å². The maximum Gasteiger partial charge on any atom is 0.407 e. The van der Waals surface area contributed by atoms with Crippen molar-refractivity contribution in [3.63, 3.8) is 0 Å². The zero-order valence-corrected chi connectivity index (χ0v) is 13.4. The maximum absolute atomic E-state index is 11.6. The van der Waals surface area contributed by atoms with Gasteiger partial charge in [0.15, 0.2) is 5.78 Å². The number of aryl methyl sites for hydroxylation is 1. The van der Waals surface area contributed by atoms with Crippen LogP contribution in [0, 0.1) is 0 Å². The lowest BCUT2D eigenvalue weighted by Crippen LogP contribution is -2.49. The van der Waals surface area contributed by atoms with Gasteiger partial charge in [0.2, 0.25) is 0 Å². The third-order valence-corrected chi connectivity index (χ3v) is 3.60. The van der Waals surface area contributed by atoms with E-state index in [9.17, 15) is 14.7 Å². The van der Waals surface area contributed by atoms with Crippen LogP contribution in [-0.4, -0.2) is 40.3 Å². The molecule has 0 fully saturated rings. The predicted octanol–water partition coefficient (Wildman–Crippen LogP) is 1.82. The Morgan fingerprint density at radius 3 is 2.68 bits per heavy atom. The fourth-order valence-corrected chi connectivity index (χ4v) is 2.16. The molecule has 0 aliphatic heterocycles. The standard InChI is InChI=1S/C16H24N2O4/c1-5-10-22-15(21)17-16(3,11-19)9-8-13-6-7-14(12(2)20)18(13)4/h5-7,19H,1,8-11H2,2-4H3,(H,17,21)/t16-/m1/s1. The Kier molecular flexibility index (Phi) is 6.37. The van der Waals surface area contributed by atoms with Crippen LogP contribution in [0.2, 0.25) is 0 Å². The van der Waals surface area contributed by atoms with Gasteiger partial charge in [0.25, 0.3) is 0 Å². The number of nitrogens with zero attached hydrogens (tertiary/aromatic N) is 1. The van der Waals surface area contributed by atoms with E-state index in [4.69, 9.17) is 4.74 Å². The summed E-state index contributed by atoms with van der Waals surface area (Å²) in [6, 6.07) is 3.66. The van der Waals surface area contributed by atoms with E-state index in [1.165, 1.54) is 13.0 Å². The lowest BCUT2D eigenvalue weighted by atomic mass is 9.96. The molecule has 0 spiro atoms. The summed E-state index contributed by atoms with van der Waals surface area (Å²) in [6.07, 6.45) is 2.01. The molecule has 0 bridgehead atoms. The van der Waals surface area contributed by atoms with E-state index in [2.05, 4.69) is 11.9 Å². The van der Waals surface area contributed by atoms with Gasteiger partial charge >= 0.3 is 6.09 Å². The molecule has 1 heterocycles. The van der Waals surface area contributed by atoms with Crippen LogP contribution in [0.1, 0.15) is 36.5 Å². The number of carbonyl (C=O) groups excluding carboxylic acids is 2. The van der Waals surface area contributed by atoms with Crippen molar-refractivity contribution in [1.82, 2.24) is 9.88 Å². The molecule has 0 unspecified atom stereocenters. The molecule has 0 radical (unpaired) electrons. The highest BCUT2D eigenvalue weighted by molar-refractivity contribution is 5.92. The number of alkyl carbamates (subject to hydrolysis) is 1. The summed E-state index contributed by atoms with van der Waals surface area (Å²) in [5.74, 6) is 0.00444. The van der Waals surface area contributed by atoms with Crippen LogP contribution in [0.4, 0.5) is 4.79 Å². The molecule has 6 nitrogen and oxygen atoms in total. The third kappa shape index (κ3) is 4.73. The normalized spacial score (nSPS) is 13.3. The van der Waals surface area contributed by atoms with Gasteiger partial charge in [0.1, 0.15) is 6.61 Å². The van der Waals surface area contributed by atoms with Gasteiger partial charge in [-0.3, -0.25) is 4.79 Å². The summed E-state index contributed by atoms with van der Waals surface area (Å²) in [6.45, 7) is 6.65. The molecule has 1 rings (SSSR count). The van der Waals surface area contributed by atoms with Crippen LogP contribution in [0.25, 0.3) is 0 Å². The van der Waals surface area contributed by atoms with E-state index in [1.807, 2.05) is 17.7 Å². The fourth-order valence-electron chi connectivity index (χ4n) is 2.16. The number of carbonyl (C=O) groups is 2. The third-order valence-electron chi connectivity index (χ3n) is 3.60. The molecule has 22 heavy (non-hydrogen) atoms. The minimum atomic E-state index is -0.793. The van der Waals surface area contributed by atoms with Crippen LogP contribution in [0.3, 0.4) is 0 Å². The molecule has 0 aromatic carbocycles. The first-order valence-electron chi connectivity index (χ1n) is 7.15. The van der Waals surface area contributed by atoms with Crippen molar-refractivity contribution in [2.75, 3.05) is 13.2 Å². The van der Waals surface area contributed by atoms with Crippen molar-refractivity contribution in [3.8, 4) is 0 Å². The Morgan fingerprint density at radius 2 is 2.18 bits per heavy atom. The summed E-state index contributed by atoms with van der Waals surface area (Å²) in [7, 11) is 1.83. The molecule has 1 aromatic rings. The first-order chi connectivity index (χ1) is 10.3. The Morgan fingerprint density at radius 1 is 1.50 bits per heavy atom. The predicted molar refractivity (Wildman–Crippen MR) is 83.9 cm³/mol. The Balaban J connectivity index is 2.68. The number of Topliss-reactive ketones (excluding diaryl/α,β-unsaturated/α-hetero) is 1. The summed E-state index contributed by atoms with van der Waals surface area (Å²) < 4.78 is 6.70. The van der Waals surface area contributed by atoms with E-state index >= 15 is 0 Å². The molecule has 1 atom stereocenters. The van der Waals surface area contributed by atoms with Gasteiger partial charge < -0.3 is 19.7 Å². The highest BCUT2D eigenvalue weighted by Crippen LogP contribution is 2.16. The number of rotatable bonds is 8. The van der Waals surface area contributed by atoms with E-state index in [1.54, 1.807) is 13.0 Å². The van der Waals surface area contributed by atoms with E-state index in [-0.39, 0.29) is 19.0 Å². The monoisotopic (exact) mass is 308 g/mol. The lowest BCUT2D eigenvalue weighted by Gasteiger charge is -2.28. The Hall–Kier alpha value is -2.08. The smallest absolute Gasteiger partial charge is 0.407 e. The van der Waals surface area contributed by atoms with Crippen molar-refractivity contribution in [2.24, 2.45) is 7.05 Å². The average Bonchev–Trinajstić information content (AvgIpc) is 2.84. The van der Waals surface area contributed by atoms with Crippen molar-refractivity contribution in [2.45, 2.75) is 32.2 Å². The van der Waals surface area contributed by atoms with Crippen molar-refractivity contribution < 1.29 is 19.4 Å². The number of aliphatic hydroxyl groups excluding tert-OH is 1. The van der Waals surface area contributed by atoms with Crippen molar-refractivity contribution in [1.29, 1.82) is 0 Å². The number of ether oxygens (including phenoxy) is 1. The van der Waals surface area contributed by atoms with E-state index < -0.39 is 11.6 Å². The highest BCUT2D eigenvalue weighted by Gasteiger charge is 2.26. The molecule has 0 saturated heterocycles. The molecule has 122 valence electrons. The lowest BCUT2D eigenvalue weighted by molar-refractivity contribution is 0.101. The quantitative estimate of drug-likeness (QED) is 0.567. The second kappa shape index (κ2) is 7.79. The average molecular weight is 308 g/mol. The number of aromatic nitrogens is 1. The molecule has 0 aliphatic rings. The fraction of sp³-hybridized carbons (Fsp3) is 0.500. The van der Waals surface area contributed by atoms with Gasteiger partial charge in [-0.25, -0.2) is 4.79 Å². The SMILES string of the molecule is C=CCOC(=O)N[C@@](C)(CO)CCc1ccc(C(C)=O)n1C. The van der Waals surface area contributed by atoms with Crippen LogP contribution < -0.4 is 5.32 Å². The Bertz CT molecular complexity index is 550. The largest absolute Gasteiger partial charge is 0.445 e. The molecular weight excluding hydrogens is 284 g/mol. The van der Waals surface area contributed by atoms with Crippen molar-refractivity contribution >= 4 is 11.9 Å². The molecule has 0 aliphatic carbocycles. The number of amides is 1.